The van der Waals surface area contributed by atoms with Crippen LogP contribution in [0.15, 0.2) is 63.1 Å². The molecule has 0 unspecified atom stereocenters. The van der Waals surface area contributed by atoms with E-state index in [0.29, 0.717) is 22.0 Å². The Morgan fingerprint density at radius 1 is 1.21 bits per heavy atom. The van der Waals surface area contributed by atoms with Gasteiger partial charge in [-0.3, -0.25) is 4.79 Å². The number of para-hydroxylation sites is 1. The van der Waals surface area contributed by atoms with Gasteiger partial charge in [-0.25, -0.2) is 9.78 Å². The molecule has 0 saturated heterocycles. The fourth-order valence-corrected chi connectivity index (χ4v) is 3.82. The summed E-state index contributed by atoms with van der Waals surface area (Å²) < 4.78 is 10.6. The zero-order chi connectivity index (χ0) is 20.4. The predicted octanol–water partition coefficient (Wildman–Crippen LogP) is 4.41. The molecular weight excluding hydrogens is 388 g/mol. The van der Waals surface area contributed by atoms with E-state index in [1.165, 1.54) is 11.3 Å². The average molecular weight is 406 g/mol. The molecule has 4 aromatic rings. The van der Waals surface area contributed by atoms with Crippen LogP contribution < -0.4 is 15.7 Å². The summed E-state index contributed by atoms with van der Waals surface area (Å²) in [5.74, 6) is 0.606. The van der Waals surface area contributed by atoms with Crippen molar-refractivity contribution in [2.24, 2.45) is 0 Å². The number of thiazole rings is 1. The minimum atomic E-state index is -0.458. The van der Waals surface area contributed by atoms with Gasteiger partial charge in [-0.15, -0.1) is 11.3 Å². The molecule has 1 N–H and O–H groups in total. The molecule has 0 saturated carbocycles. The van der Waals surface area contributed by atoms with E-state index in [-0.39, 0.29) is 12.3 Å². The van der Waals surface area contributed by atoms with Gasteiger partial charge in [-0.2, -0.15) is 0 Å². The number of fused-ring (bicyclic) bond motifs is 1. The third-order valence-electron chi connectivity index (χ3n) is 4.49. The van der Waals surface area contributed by atoms with Crippen molar-refractivity contribution in [1.82, 2.24) is 4.98 Å². The van der Waals surface area contributed by atoms with Crippen molar-refractivity contribution >= 4 is 33.3 Å². The summed E-state index contributed by atoms with van der Waals surface area (Å²) in [5.41, 5.74) is 2.77. The summed E-state index contributed by atoms with van der Waals surface area (Å²) in [6.45, 7) is 1.93. The first-order valence-corrected chi connectivity index (χ1v) is 9.83. The number of nitrogens with one attached hydrogen (secondary N) is 1. The Morgan fingerprint density at radius 2 is 2.03 bits per heavy atom. The van der Waals surface area contributed by atoms with Crippen LogP contribution in [0.25, 0.3) is 22.2 Å². The summed E-state index contributed by atoms with van der Waals surface area (Å²) in [6, 6.07) is 14.7. The van der Waals surface area contributed by atoms with Crippen molar-refractivity contribution in [3.8, 4) is 17.0 Å². The van der Waals surface area contributed by atoms with Crippen LogP contribution >= 0.6 is 11.3 Å². The maximum absolute atomic E-state index is 12.4. The van der Waals surface area contributed by atoms with Crippen molar-refractivity contribution in [3.63, 3.8) is 0 Å². The summed E-state index contributed by atoms with van der Waals surface area (Å²) in [7, 11) is 1.62. The molecule has 0 atom stereocenters. The number of carbonyl (C=O) groups excluding carboxylic acids is 1. The Bertz CT molecular complexity index is 1260. The molecule has 2 heterocycles. The van der Waals surface area contributed by atoms with Crippen LogP contribution in [0.2, 0.25) is 0 Å². The number of benzene rings is 2. The van der Waals surface area contributed by atoms with Crippen LogP contribution in [0.5, 0.6) is 5.75 Å². The lowest BCUT2D eigenvalue weighted by molar-refractivity contribution is -0.115. The smallest absolute Gasteiger partial charge is 0.345 e. The number of amides is 1. The van der Waals surface area contributed by atoms with E-state index in [4.69, 9.17) is 9.15 Å². The number of nitrogens with zero attached hydrogens (tertiary/aromatic N) is 1. The lowest BCUT2D eigenvalue weighted by atomic mass is 10.1. The van der Waals surface area contributed by atoms with E-state index in [9.17, 15) is 9.59 Å². The largest absolute Gasteiger partial charge is 0.496 e. The highest BCUT2D eigenvalue weighted by Gasteiger charge is 2.13. The van der Waals surface area contributed by atoms with Gasteiger partial charge in [-0.05, 0) is 36.2 Å². The van der Waals surface area contributed by atoms with Gasteiger partial charge in [0.25, 0.3) is 0 Å². The zero-order valence-corrected chi connectivity index (χ0v) is 16.7. The van der Waals surface area contributed by atoms with E-state index in [1.807, 2.05) is 43.3 Å². The third-order valence-corrected chi connectivity index (χ3v) is 5.25. The van der Waals surface area contributed by atoms with Crippen molar-refractivity contribution in [2.45, 2.75) is 13.3 Å². The summed E-state index contributed by atoms with van der Waals surface area (Å²) >= 11 is 1.26. The van der Waals surface area contributed by atoms with Crippen molar-refractivity contribution in [1.29, 1.82) is 0 Å². The van der Waals surface area contributed by atoms with E-state index in [2.05, 4.69) is 10.3 Å². The highest BCUT2D eigenvalue weighted by molar-refractivity contribution is 7.14. The lowest BCUT2D eigenvalue weighted by Crippen LogP contribution is -2.14. The topological polar surface area (TPSA) is 81.4 Å². The Hall–Kier alpha value is -3.45. The van der Waals surface area contributed by atoms with Crippen molar-refractivity contribution in [2.75, 3.05) is 12.4 Å². The van der Waals surface area contributed by atoms with Gasteiger partial charge in [0.1, 0.15) is 11.3 Å². The maximum Gasteiger partial charge on any atom is 0.345 e. The van der Waals surface area contributed by atoms with Gasteiger partial charge >= 0.3 is 5.63 Å². The third kappa shape index (κ3) is 4.05. The number of ether oxygens (including phenoxy) is 1. The molecule has 7 heteroatoms. The molecule has 6 nitrogen and oxygen atoms in total. The lowest BCUT2D eigenvalue weighted by Gasteiger charge is -2.07. The Balaban J connectivity index is 1.51. The zero-order valence-electron chi connectivity index (χ0n) is 15.9. The first-order chi connectivity index (χ1) is 14.0. The van der Waals surface area contributed by atoms with Crippen LogP contribution in [0, 0.1) is 6.92 Å². The second-order valence-corrected chi connectivity index (χ2v) is 7.41. The normalized spacial score (nSPS) is 10.8. The number of hydrogen-bond donors (Lipinski definition) is 1. The molecular formula is C22H18N2O4S. The van der Waals surface area contributed by atoms with Crippen LogP contribution in [0.1, 0.15) is 11.1 Å². The minimum Gasteiger partial charge on any atom is -0.496 e. The van der Waals surface area contributed by atoms with Crippen molar-refractivity contribution < 1.29 is 13.9 Å². The Kier molecular flexibility index (Phi) is 5.14. The molecule has 2 aromatic carbocycles. The Labute approximate surface area is 170 Å². The molecule has 0 spiro atoms. The Morgan fingerprint density at radius 3 is 2.83 bits per heavy atom. The molecule has 4 rings (SSSR count). The fraction of sp³-hybridized carbons (Fsp3) is 0.136. The van der Waals surface area contributed by atoms with Gasteiger partial charge in [0, 0.05) is 10.8 Å². The monoisotopic (exact) mass is 406 g/mol. The SMILES string of the molecule is COc1ccc(CC(=O)Nc2nc(-c3cc4ccccc4oc3=O)cs2)cc1C. The molecule has 0 aliphatic carbocycles. The first kappa shape index (κ1) is 18.9. The number of rotatable bonds is 5. The predicted molar refractivity (Wildman–Crippen MR) is 114 cm³/mol. The molecule has 0 radical (unpaired) electrons. The van der Waals surface area contributed by atoms with Gasteiger partial charge in [0.05, 0.1) is 24.8 Å². The molecule has 0 aliphatic heterocycles. The van der Waals surface area contributed by atoms with Crippen LogP contribution in [-0.4, -0.2) is 18.0 Å². The standard InChI is InChI=1S/C22H18N2O4S/c1-13-9-14(7-8-18(13)27-2)10-20(25)24-22-23-17(12-29-22)16-11-15-5-3-4-6-19(15)28-21(16)26/h3-9,11-12H,10H2,1-2H3,(H,23,24,25). The van der Waals surface area contributed by atoms with Gasteiger partial charge in [0.15, 0.2) is 5.13 Å². The summed E-state index contributed by atoms with van der Waals surface area (Å²) in [6.07, 6.45) is 0.220. The number of carbonyl (C=O) groups is 1. The molecule has 146 valence electrons. The molecule has 29 heavy (non-hydrogen) atoms. The quantitative estimate of drug-likeness (QED) is 0.496. The number of hydrogen-bond acceptors (Lipinski definition) is 6. The molecule has 2 aromatic heterocycles. The summed E-state index contributed by atoms with van der Waals surface area (Å²) in [4.78, 5) is 29.1. The number of aryl methyl sites for hydroxylation is 1. The minimum absolute atomic E-state index is 0.180. The maximum atomic E-state index is 12.4. The molecule has 0 bridgehead atoms. The highest BCUT2D eigenvalue weighted by Crippen LogP contribution is 2.25. The second kappa shape index (κ2) is 7.89. The molecule has 1 amide bonds. The fourth-order valence-electron chi connectivity index (χ4n) is 3.09. The highest BCUT2D eigenvalue weighted by atomic mass is 32.1. The van der Waals surface area contributed by atoms with Crippen molar-refractivity contribution in [3.05, 3.63) is 75.5 Å². The van der Waals surface area contributed by atoms with E-state index < -0.39 is 5.63 Å². The van der Waals surface area contributed by atoms with E-state index in [1.54, 1.807) is 24.6 Å². The number of aromatic nitrogens is 1. The molecule has 0 fully saturated rings. The van der Waals surface area contributed by atoms with Crippen LogP contribution in [0.3, 0.4) is 0 Å². The number of anilines is 1. The van der Waals surface area contributed by atoms with Crippen LogP contribution in [0.4, 0.5) is 5.13 Å². The van der Waals surface area contributed by atoms with Gasteiger partial charge in [-0.1, -0.05) is 30.3 Å². The van der Waals surface area contributed by atoms with E-state index in [0.717, 1.165) is 22.3 Å². The van der Waals surface area contributed by atoms with Gasteiger partial charge in [0.2, 0.25) is 5.91 Å². The van der Waals surface area contributed by atoms with E-state index >= 15 is 0 Å². The second-order valence-electron chi connectivity index (χ2n) is 6.55. The number of methoxy groups -OCH3 is 1. The van der Waals surface area contributed by atoms with Gasteiger partial charge < -0.3 is 14.5 Å². The molecule has 0 aliphatic rings. The van der Waals surface area contributed by atoms with Crippen LogP contribution in [-0.2, 0) is 11.2 Å². The average Bonchev–Trinajstić information content (AvgIpc) is 3.15. The first-order valence-electron chi connectivity index (χ1n) is 8.95. The summed E-state index contributed by atoms with van der Waals surface area (Å²) in [5, 5.41) is 5.77.